The highest BCUT2D eigenvalue weighted by Crippen LogP contribution is 2.28. The molecule has 192 valence electrons. The van der Waals surface area contributed by atoms with E-state index in [0.29, 0.717) is 12.6 Å². The number of likely N-dealkylation sites (tertiary alicyclic amines) is 1. The van der Waals surface area contributed by atoms with E-state index in [0.717, 1.165) is 61.8 Å². The molecule has 0 bridgehead atoms. The Morgan fingerprint density at radius 3 is 2.49 bits per heavy atom. The maximum Gasteiger partial charge on any atom is 0.324 e. The SMILES string of the molecule is CC(C)c1noc(N2CCC(CCCCCOc3ccc(CC(=O)N4CC(F)(F)C4)cc3)CC2)n1. The van der Waals surface area contributed by atoms with Gasteiger partial charge in [-0.2, -0.15) is 4.98 Å². The summed E-state index contributed by atoms with van der Waals surface area (Å²) in [6.45, 7) is 5.80. The summed E-state index contributed by atoms with van der Waals surface area (Å²) in [4.78, 5) is 19.9. The average Bonchev–Trinajstić information content (AvgIpc) is 3.32. The van der Waals surface area contributed by atoms with Crippen LogP contribution in [0.5, 0.6) is 5.75 Å². The van der Waals surface area contributed by atoms with Gasteiger partial charge in [0, 0.05) is 19.0 Å². The number of nitrogens with zero attached hydrogens (tertiary/aromatic N) is 4. The Kier molecular flexibility index (Phi) is 8.23. The minimum atomic E-state index is -2.72. The first kappa shape index (κ1) is 25.4. The van der Waals surface area contributed by atoms with E-state index in [1.165, 1.54) is 17.7 Å². The lowest BCUT2D eigenvalue weighted by Crippen LogP contribution is -2.58. The number of anilines is 1. The molecular formula is C26H36F2N4O3. The van der Waals surface area contributed by atoms with Crippen molar-refractivity contribution in [2.75, 3.05) is 37.7 Å². The summed E-state index contributed by atoms with van der Waals surface area (Å²) in [5.41, 5.74) is 0.808. The fourth-order valence-corrected chi connectivity index (χ4v) is 4.58. The third-order valence-electron chi connectivity index (χ3n) is 6.83. The Morgan fingerprint density at radius 1 is 1.14 bits per heavy atom. The van der Waals surface area contributed by atoms with Crippen molar-refractivity contribution in [2.24, 2.45) is 5.92 Å². The number of ether oxygens (including phenoxy) is 1. The maximum atomic E-state index is 12.9. The van der Waals surface area contributed by atoms with Gasteiger partial charge in [0.15, 0.2) is 5.82 Å². The summed E-state index contributed by atoms with van der Waals surface area (Å²) in [7, 11) is 0. The van der Waals surface area contributed by atoms with Crippen LogP contribution in [0.15, 0.2) is 28.8 Å². The molecule has 1 amide bonds. The van der Waals surface area contributed by atoms with Crippen LogP contribution in [0, 0.1) is 5.92 Å². The number of aromatic nitrogens is 2. The van der Waals surface area contributed by atoms with E-state index in [4.69, 9.17) is 9.26 Å². The summed E-state index contributed by atoms with van der Waals surface area (Å²) in [5, 5.41) is 4.06. The van der Waals surface area contributed by atoms with Gasteiger partial charge in [-0.25, -0.2) is 8.78 Å². The first-order chi connectivity index (χ1) is 16.8. The summed E-state index contributed by atoms with van der Waals surface area (Å²) < 4.78 is 37.1. The number of rotatable bonds is 11. The highest BCUT2D eigenvalue weighted by Gasteiger charge is 2.45. The Bertz CT molecular complexity index is 948. The monoisotopic (exact) mass is 490 g/mol. The molecule has 0 spiro atoms. The number of halogens is 2. The molecule has 9 heteroatoms. The van der Waals surface area contributed by atoms with Crippen LogP contribution in [0.4, 0.5) is 14.8 Å². The van der Waals surface area contributed by atoms with E-state index in [-0.39, 0.29) is 18.2 Å². The molecule has 0 atom stereocenters. The molecule has 1 aromatic carbocycles. The van der Waals surface area contributed by atoms with Gasteiger partial charge < -0.3 is 19.1 Å². The predicted molar refractivity (Wildman–Crippen MR) is 129 cm³/mol. The molecule has 0 radical (unpaired) electrons. The van der Waals surface area contributed by atoms with Crippen LogP contribution in [0.2, 0.25) is 0 Å². The molecule has 7 nitrogen and oxygen atoms in total. The smallest absolute Gasteiger partial charge is 0.324 e. The van der Waals surface area contributed by atoms with Crippen LogP contribution in [-0.2, 0) is 11.2 Å². The second-order valence-electron chi connectivity index (χ2n) is 10.1. The fraction of sp³-hybridized carbons (Fsp3) is 0.654. The summed E-state index contributed by atoms with van der Waals surface area (Å²) in [6, 6.07) is 8.00. The predicted octanol–water partition coefficient (Wildman–Crippen LogP) is 5.07. The Balaban J connectivity index is 1.05. The first-order valence-electron chi connectivity index (χ1n) is 12.7. The van der Waals surface area contributed by atoms with Gasteiger partial charge in [0.25, 0.3) is 5.92 Å². The van der Waals surface area contributed by atoms with Crippen LogP contribution >= 0.6 is 0 Å². The van der Waals surface area contributed by atoms with Crippen LogP contribution in [0.25, 0.3) is 0 Å². The van der Waals surface area contributed by atoms with Crippen molar-refractivity contribution in [3.63, 3.8) is 0 Å². The quantitative estimate of drug-likeness (QED) is 0.410. The number of carbonyl (C=O) groups excluding carboxylic acids is 1. The molecule has 0 unspecified atom stereocenters. The molecule has 2 fully saturated rings. The molecule has 1 aromatic heterocycles. The molecule has 4 rings (SSSR count). The van der Waals surface area contributed by atoms with Crippen molar-refractivity contribution < 1.29 is 22.8 Å². The van der Waals surface area contributed by atoms with Crippen molar-refractivity contribution in [3.8, 4) is 5.75 Å². The molecule has 0 N–H and O–H groups in total. The summed E-state index contributed by atoms with van der Waals surface area (Å²) >= 11 is 0. The number of unbranched alkanes of at least 4 members (excludes halogenated alkanes) is 2. The topological polar surface area (TPSA) is 71.7 Å². The van der Waals surface area contributed by atoms with Crippen LogP contribution < -0.4 is 9.64 Å². The molecule has 35 heavy (non-hydrogen) atoms. The lowest BCUT2D eigenvalue weighted by atomic mass is 9.91. The van der Waals surface area contributed by atoms with Gasteiger partial charge in [-0.3, -0.25) is 4.79 Å². The Labute approximate surface area is 205 Å². The second kappa shape index (κ2) is 11.4. The number of carbonyl (C=O) groups is 1. The van der Waals surface area contributed by atoms with E-state index in [9.17, 15) is 13.6 Å². The van der Waals surface area contributed by atoms with Gasteiger partial charge in [-0.05, 0) is 42.9 Å². The number of amides is 1. The van der Waals surface area contributed by atoms with E-state index < -0.39 is 19.0 Å². The third kappa shape index (κ3) is 7.15. The molecule has 2 saturated heterocycles. The van der Waals surface area contributed by atoms with Gasteiger partial charge >= 0.3 is 6.01 Å². The Morgan fingerprint density at radius 2 is 1.86 bits per heavy atom. The lowest BCUT2D eigenvalue weighted by Gasteiger charge is -2.38. The standard InChI is InChI=1S/C26H36F2N4O3/c1-19(2)24-29-25(35-30-24)31-13-11-20(12-14-31)6-4-3-5-15-34-22-9-7-21(8-10-22)16-23(33)32-17-26(27,28)18-32/h7-10,19-20H,3-6,11-18H2,1-2H3. The van der Waals surface area contributed by atoms with E-state index in [1.54, 1.807) is 0 Å². The van der Waals surface area contributed by atoms with Crippen LogP contribution in [-0.4, -0.2) is 59.7 Å². The Hall–Kier alpha value is -2.71. The summed E-state index contributed by atoms with van der Waals surface area (Å²) in [5.74, 6) is -0.418. The van der Waals surface area contributed by atoms with Crippen molar-refractivity contribution in [2.45, 2.75) is 70.6 Å². The van der Waals surface area contributed by atoms with Crippen LogP contribution in [0.3, 0.4) is 0 Å². The molecule has 3 heterocycles. The maximum absolute atomic E-state index is 12.9. The third-order valence-corrected chi connectivity index (χ3v) is 6.83. The number of piperidine rings is 1. The first-order valence-corrected chi connectivity index (χ1v) is 12.7. The fourth-order valence-electron chi connectivity index (χ4n) is 4.58. The normalized spacial score (nSPS) is 18.1. The highest BCUT2D eigenvalue weighted by atomic mass is 19.3. The lowest BCUT2D eigenvalue weighted by molar-refractivity contribution is -0.165. The number of hydrogen-bond acceptors (Lipinski definition) is 6. The number of benzene rings is 1. The highest BCUT2D eigenvalue weighted by molar-refractivity contribution is 5.79. The van der Waals surface area contributed by atoms with Gasteiger partial charge in [0.1, 0.15) is 5.75 Å². The van der Waals surface area contributed by atoms with Gasteiger partial charge in [-0.15, -0.1) is 0 Å². The molecular weight excluding hydrogens is 454 g/mol. The van der Waals surface area contributed by atoms with E-state index >= 15 is 0 Å². The van der Waals surface area contributed by atoms with Crippen molar-refractivity contribution in [1.82, 2.24) is 15.0 Å². The zero-order chi connectivity index (χ0) is 24.8. The molecule has 2 aromatic rings. The minimum Gasteiger partial charge on any atom is -0.494 e. The molecule has 2 aliphatic heterocycles. The molecule has 0 aliphatic carbocycles. The zero-order valence-corrected chi connectivity index (χ0v) is 20.7. The van der Waals surface area contributed by atoms with Crippen molar-refractivity contribution in [1.29, 1.82) is 0 Å². The van der Waals surface area contributed by atoms with E-state index in [2.05, 4.69) is 28.9 Å². The van der Waals surface area contributed by atoms with E-state index in [1.807, 2.05) is 24.3 Å². The van der Waals surface area contributed by atoms with Gasteiger partial charge in [0.05, 0.1) is 26.1 Å². The largest absolute Gasteiger partial charge is 0.494 e. The van der Waals surface area contributed by atoms with Crippen molar-refractivity contribution in [3.05, 3.63) is 35.7 Å². The van der Waals surface area contributed by atoms with Gasteiger partial charge in [0.2, 0.25) is 5.91 Å². The number of alkyl halides is 2. The van der Waals surface area contributed by atoms with Crippen molar-refractivity contribution >= 4 is 11.9 Å². The summed E-state index contributed by atoms with van der Waals surface area (Å²) in [6.07, 6.45) is 7.03. The molecule has 2 aliphatic rings. The second-order valence-corrected chi connectivity index (χ2v) is 10.1. The number of hydrogen-bond donors (Lipinski definition) is 0. The zero-order valence-electron chi connectivity index (χ0n) is 20.7. The van der Waals surface area contributed by atoms with Gasteiger partial charge in [-0.1, -0.05) is 50.4 Å². The average molecular weight is 491 g/mol. The molecule has 0 saturated carbocycles. The minimum absolute atomic E-state index is 0.142. The van der Waals surface area contributed by atoms with Crippen LogP contribution in [0.1, 0.15) is 69.7 Å².